The quantitative estimate of drug-likeness (QED) is 0.385. The molecule has 2 aromatic carbocycles. The number of carbonyl (C=O) groups is 2. The highest BCUT2D eigenvalue weighted by atomic mass is 16.2. The molecule has 2 N–H and O–H groups in total. The maximum Gasteiger partial charge on any atom is 0.333 e. The summed E-state index contributed by atoms with van der Waals surface area (Å²) in [6.07, 6.45) is 1.54. The lowest BCUT2D eigenvalue weighted by Gasteiger charge is -2.14. The molecule has 0 radical (unpaired) electrons. The minimum atomic E-state index is -0.712. The molecule has 36 heavy (non-hydrogen) atoms. The van der Waals surface area contributed by atoms with Crippen LogP contribution in [0.5, 0.6) is 0 Å². The average molecular weight is 489 g/mol. The van der Waals surface area contributed by atoms with Gasteiger partial charge in [0.15, 0.2) is 11.2 Å². The Hall–Kier alpha value is -4.47. The maximum absolute atomic E-state index is 13.4. The maximum atomic E-state index is 13.4. The molecular weight excluding hydrogens is 460 g/mol. The fourth-order valence-corrected chi connectivity index (χ4v) is 3.99. The summed E-state index contributed by atoms with van der Waals surface area (Å²) in [5.74, 6) is -0.994. The van der Waals surface area contributed by atoms with Crippen molar-refractivity contribution in [3.63, 3.8) is 0 Å². The van der Waals surface area contributed by atoms with Gasteiger partial charge in [-0.2, -0.15) is 0 Å². The number of fused-ring (bicyclic) bond motifs is 1. The molecule has 0 aliphatic carbocycles. The van der Waals surface area contributed by atoms with E-state index in [9.17, 15) is 19.2 Å². The Morgan fingerprint density at radius 1 is 0.972 bits per heavy atom. The van der Waals surface area contributed by atoms with Crippen molar-refractivity contribution in [3.8, 4) is 0 Å². The molecule has 4 aromatic rings. The number of nitrogens with zero attached hydrogens (tertiary/aromatic N) is 4. The van der Waals surface area contributed by atoms with Crippen LogP contribution in [-0.2, 0) is 24.4 Å². The number of carbonyl (C=O) groups excluding carboxylic acids is 2. The molecule has 0 aliphatic heterocycles. The van der Waals surface area contributed by atoms with Crippen molar-refractivity contribution < 1.29 is 9.59 Å². The van der Waals surface area contributed by atoms with Gasteiger partial charge in [0.1, 0.15) is 6.54 Å². The van der Waals surface area contributed by atoms with Gasteiger partial charge in [0.25, 0.3) is 17.4 Å². The summed E-state index contributed by atoms with van der Waals surface area (Å²) in [4.78, 5) is 56.1. The van der Waals surface area contributed by atoms with Crippen molar-refractivity contribution >= 4 is 23.0 Å². The Balaban J connectivity index is 1.66. The van der Waals surface area contributed by atoms with Crippen LogP contribution in [0.25, 0.3) is 11.2 Å². The predicted molar refractivity (Wildman–Crippen MR) is 135 cm³/mol. The molecule has 0 spiro atoms. The number of aryl methyl sites for hydroxylation is 1. The van der Waals surface area contributed by atoms with Gasteiger partial charge in [-0.1, -0.05) is 61.9 Å². The SMILES string of the molecule is Cc1cccc(C(=O)NNC(=O)Cn2c(=O)c3c(ncn3CC(C)C)n(Cc3ccccc3)c2=O)c1. The Morgan fingerprint density at radius 2 is 1.72 bits per heavy atom. The molecule has 0 fully saturated rings. The lowest BCUT2D eigenvalue weighted by molar-refractivity contribution is -0.122. The molecule has 0 unspecified atom stereocenters. The Labute approximate surface area is 207 Å². The van der Waals surface area contributed by atoms with Gasteiger partial charge in [0.2, 0.25) is 0 Å². The molecule has 10 nitrogen and oxygen atoms in total. The number of amides is 2. The molecule has 2 amide bonds. The molecule has 4 rings (SSSR count). The highest BCUT2D eigenvalue weighted by Gasteiger charge is 2.20. The minimum absolute atomic E-state index is 0.181. The van der Waals surface area contributed by atoms with Crippen LogP contribution in [0.3, 0.4) is 0 Å². The predicted octanol–water partition coefficient (Wildman–Crippen LogP) is 1.83. The fourth-order valence-electron chi connectivity index (χ4n) is 3.99. The monoisotopic (exact) mass is 488 g/mol. The van der Waals surface area contributed by atoms with Crippen LogP contribution in [0.4, 0.5) is 0 Å². The summed E-state index contributed by atoms with van der Waals surface area (Å²) in [5, 5.41) is 0. The second-order valence-corrected chi connectivity index (χ2v) is 9.08. The molecule has 0 aliphatic rings. The summed E-state index contributed by atoms with van der Waals surface area (Å²) >= 11 is 0. The van der Waals surface area contributed by atoms with E-state index in [0.717, 1.165) is 15.7 Å². The van der Waals surface area contributed by atoms with Crippen LogP contribution in [-0.4, -0.2) is 30.5 Å². The zero-order chi connectivity index (χ0) is 25.8. The van der Waals surface area contributed by atoms with E-state index in [1.807, 2.05) is 57.2 Å². The lowest BCUT2D eigenvalue weighted by atomic mass is 10.1. The number of imidazole rings is 1. The van der Waals surface area contributed by atoms with Gasteiger partial charge in [-0.15, -0.1) is 0 Å². The van der Waals surface area contributed by atoms with Gasteiger partial charge in [-0.25, -0.2) is 14.3 Å². The van der Waals surface area contributed by atoms with Gasteiger partial charge in [0.05, 0.1) is 12.9 Å². The van der Waals surface area contributed by atoms with E-state index in [2.05, 4.69) is 15.8 Å². The Kier molecular flexibility index (Phi) is 7.14. The molecule has 0 saturated heterocycles. The van der Waals surface area contributed by atoms with Crippen molar-refractivity contribution in [2.45, 2.75) is 40.4 Å². The Morgan fingerprint density at radius 3 is 2.42 bits per heavy atom. The summed E-state index contributed by atoms with van der Waals surface area (Å²) in [6.45, 7) is 6.00. The molecule has 186 valence electrons. The van der Waals surface area contributed by atoms with Crippen molar-refractivity contribution in [2.24, 2.45) is 5.92 Å². The van der Waals surface area contributed by atoms with Gasteiger partial charge >= 0.3 is 5.69 Å². The number of rotatable bonds is 7. The summed E-state index contributed by atoms with van der Waals surface area (Å²) < 4.78 is 3.97. The fraction of sp³-hybridized carbons (Fsp3) is 0.269. The van der Waals surface area contributed by atoms with Crippen LogP contribution >= 0.6 is 0 Å². The first-order valence-electron chi connectivity index (χ1n) is 11.6. The Bertz CT molecular complexity index is 1530. The van der Waals surface area contributed by atoms with E-state index < -0.39 is 29.6 Å². The molecule has 0 saturated carbocycles. The zero-order valence-corrected chi connectivity index (χ0v) is 20.4. The number of nitrogens with one attached hydrogen (secondary N) is 2. The third kappa shape index (κ3) is 5.27. The second kappa shape index (κ2) is 10.4. The third-order valence-corrected chi connectivity index (χ3v) is 5.63. The van der Waals surface area contributed by atoms with E-state index in [-0.39, 0.29) is 23.6 Å². The van der Waals surface area contributed by atoms with Gasteiger partial charge in [-0.3, -0.25) is 29.8 Å². The molecular formula is C26H28N6O4. The van der Waals surface area contributed by atoms with Crippen LogP contribution in [0, 0.1) is 12.8 Å². The van der Waals surface area contributed by atoms with Crippen molar-refractivity contribution in [3.05, 3.63) is 98.5 Å². The normalized spacial score (nSPS) is 11.1. The summed E-state index contributed by atoms with van der Waals surface area (Å²) in [7, 11) is 0. The van der Waals surface area contributed by atoms with Crippen LogP contribution in [0.2, 0.25) is 0 Å². The molecule has 0 atom stereocenters. The number of hydrazine groups is 1. The second-order valence-electron chi connectivity index (χ2n) is 9.08. The first kappa shape index (κ1) is 24.6. The smallest absolute Gasteiger partial charge is 0.324 e. The zero-order valence-electron chi connectivity index (χ0n) is 20.4. The number of hydrogen-bond donors (Lipinski definition) is 2. The minimum Gasteiger partial charge on any atom is -0.324 e. The van der Waals surface area contributed by atoms with E-state index in [4.69, 9.17) is 0 Å². The van der Waals surface area contributed by atoms with Gasteiger partial charge < -0.3 is 4.57 Å². The summed E-state index contributed by atoms with van der Waals surface area (Å²) in [6, 6.07) is 16.2. The average Bonchev–Trinajstić information content (AvgIpc) is 3.26. The number of benzene rings is 2. The highest BCUT2D eigenvalue weighted by Crippen LogP contribution is 2.12. The van der Waals surface area contributed by atoms with Crippen LogP contribution in [0.15, 0.2) is 70.5 Å². The lowest BCUT2D eigenvalue weighted by Crippen LogP contribution is -2.48. The van der Waals surface area contributed by atoms with Gasteiger partial charge in [0, 0.05) is 12.1 Å². The first-order chi connectivity index (χ1) is 17.2. The topological polar surface area (TPSA) is 120 Å². The number of aromatic nitrogens is 4. The highest BCUT2D eigenvalue weighted by molar-refractivity contribution is 5.95. The third-order valence-electron chi connectivity index (χ3n) is 5.63. The van der Waals surface area contributed by atoms with E-state index >= 15 is 0 Å². The standard InChI is InChI=1S/C26H28N6O4/c1-17(2)13-30-16-27-23-22(30)25(35)32(26(36)31(23)14-19-9-5-4-6-10-19)15-21(33)28-29-24(34)20-11-7-8-18(3)12-20/h4-12,16-17H,13-15H2,1-3H3,(H,28,33)(H,29,34). The molecule has 0 bridgehead atoms. The molecule has 2 aromatic heterocycles. The van der Waals surface area contributed by atoms with E-state index in [0.29, 0.717) is 12.1 Å². The first-order valence-corrected chi connectivity index (χ1v) is 11.6. The van der Waals surface area contributed by atoms with Gasteiger partial charge in [-0.05, 0) is 30.5 Å². The van der Waals surface area contributed by atoms with E-state index in [1.54, 1.807) is 29.1 Å². The molecule has 10 heteroatoms. The largest absolute Gasteiger partial charge is 0.333 e. The summed E-state index contributed by atoms with van der Waals surface area (Å²) in [5.41, 5.74) is 5.97. The van der Waals surface area contributed by atoms with Crippen molar-refractivity contribution in [2.75, 3.05) is 0 Å². The number of hydrogen-bond acceptors (Lipinski definition) is 5. The van der Waals surface area contributed by atoms with Crippen molar-refractivity contribution in [1.82, 2.24) is 29.5 Å². The van der Waals surface area contributed by atoms with Crippen molar-refractivity contribution in [1.29, 1.82) is 0 Å². The van der Waals surface area contributed by atoms with Crippen LogP contribution in [0.1, 0.15) is 35.3 Å². The van der Waals surface area contributed by atoms with Crippen LogP contribution < -0.4 is 22.1 Å². The molecule has 2 heterocycles. The van der Waals surface area contributed by atoms with E-state index in [1.165, 1.54) is 4.57 Å².